The largest absolute Gasteiger partial charge is 0.497 e. The number of ether oxygens (including phenoxy) is 2. The molecule has 0 unspecified atom stereocenters. The zero-order chi connectivity index (χ0) is 21.8. The van der Waals surface area contributed by atoms with E-state index in [0.29, 0.717) is 18.7 Å². The third kappa shape index (κ3) is 4.58. The van der Waals surface area contributed by atoms with E-state index >= 15 is 0 Å². The molecule has 0 saturated heterocycles. The van der Waals surface area contributed by atoms with E-state index in [2.05, 4.69) is 4.98 Å². The average molecular weight is 415 g/mol. The molecule has 0 spiro atoms. The minimum absolute atomic E-state index is 0.0128. The molecule has 0 aliphatic rings. The molecule has 2 heterocycles. The van der Waals surface area contributed by atoms with Gasteiger partial charge < -0.3 is 14.0 Å². The summed E-state index contributed by atoms with van der Waals surface area (Å²) in [5.74, 6) is 2.05. The molecule has 0 N–H and O–H groups in total. The van der Waals surface area contributed by atoms with Gasteiger partial charge in [-0.1, -0.05) is 18.2 Å². The maximum absolute atomic E-state index is 13.0. The van der Waals surface area contributed by atoms with Crippen molar-refractivity contribution in [3.05, 3.63) is 84.1 Å². The fraction of sp³-hybridized carbons (Fsp3) is 0.240. The maximum Gasteiger partial charge on any atom is 0.198 e. The molecule has 2 aromatic heterocycles. The summed E-state index contributed by atoms with van der Waals surface area (Å²) < 4.78 is 12.3. The van der Waals surface area contributed by atoms with E-state index in [1.54, 1.807) is 31.2 Å². The molecule has 0 saturated carbocycles. The number of rotatable bonds is 8. The number of pyridine rings is 1. The Morgan fingerprint density at radius 1 is 1.00 bits per heavy atom. The predicted molar refractivity (Wildman–Crippen MR) is 120 cm³/mol. The maximum atomic E-state index is 13.0. The van der Waals surface area contributed by atoms with E-state index in [1.807, 2.05) is 61.6 Å². The highest BCUT2D eigenvalue weighted by atomic mass is 16.5. The summed E-state index contributed by atoms with van der Waals surface area (Å²) in [6.07, 6.45) is 4.42. The SMILES string of the molecule is COc1ccc([C@@H](CC(=O)c2nccn2C)Cc2ccc3cc(OC)ccc3n2)cc1. The van der Waals surface area contributed by atoms with Crippen LogP contribution in [0.25, 0.3) is 10.9 Å². The number of fused-ring (bicyclic) bond motifs is 1. The van der Waals surface area contributed by atoms with Crippen molar-refractivity contribution in [3.8, 4) is 11.5 Å². The molecule has 6 heteroatoms. The van der Waals surface area contributed by atoms with Crippen LogP contribution in [0.2, 0.25) is 0 Å². The number of imidazole rings is 1. The summed E-state index contributed by atoms with van der Waals surface area (Å²) in [5, 5.41) is 1.02. The van der Waals surface area contributed by atoms with Crippen molar-refractivity contribution in [2.45, 2.75) is 18.8 Å². The molecule has 4 aromatic rings. The molecule has 4 rings (SSSR count). The molecule has 1 atom stereocenters. The Labute approximate surface area is 181 Å². The summed E-state index contributed by atoms with van der Waals surface area (Å²) in [6, 6.07) is 17.8. The Bertz CT molecular complexity index is 1200. The van der Waals surface area contributed by atoms with Crippen LogP contribution in [0.15, 0.2) is 67.0 Å². The van der Waals surface area contributed by atoms with Gasteiger partial charge in [-0.05, 0) is 54.3 Å². The lowest BCUT2D eigenvalue weighted by Gasteiger charge is -2.17. The zero-order valence-corrected chi connectivity index (χ0v) is 17.9. The van der Waals surface area contributed by atoms with Crippen molar-refractivity contribution in [2.75, 3.05) is 14.2 Å². The lowest BCUT2D eigenvalue weighted by Crippen LogP contribution is -2.14. The van der Waals surface area contributed by atoms with Gasteiger partial charge in [0.05, 0.1) is 19.7 Å². The highest BCUT2D eigenvalue weighted by molar-refractivity contribution is 5.93. The molecular formula is C25H25N3O3. The van der Waals surface area contributed by atoms with Gasteiger partial charge in [-0.2, -0.15) is 0 Å². The second-order valence-corrected chi connectivity index (χ2v) is 7.52. The molecule has 6 nitrogen and oxygen atoms in total. The van der Waals surface area contributed by atoms with Crippen molar-refractivity contribution in [3.63, 3.8) is 0 Å². The Hall–Kier alpha value is -3.67. The van der Waals surface area contributed by atoms with Crippen LogP contribution in [-0.2, 0) is 13.5 Å². The number of nitrogens with zero attached hydrogens (tertiary/aromatic N) is 3. The van der Waals surface area contributed by atoms with E-state index in [-0.39, 0.29) is 11.7 Å². The number of aromatic nitrogens is 3. The fourth-order valence-corrected chi connectivity index (χ4v) is 3.77. The van der Waals surface area contributed by atoms with Gasteiger partial charge in [0.2, 0.25) is 0 Å². The molecule has 158 valence electrons. The number of carbonyl (C=O) groups is 1. The normalized spacial score (nSPS) is 12.0. The molecule has 0 bridgehead atoms. The Balaban J connectivity index is 1.63. The van der Waals surface area contributed by atoms with Gasteiger partial charge in [-0.15, -0.1) is 0 Å². The minimum atomic E-state index is -0.0293. The number of ketones is 1. The molecule has 2 aromatic carbocycles. The van der Waals surface area contributed by atoms with E-state index in [1.165, 1.54) is 0 Å². The summed E-state index contributed by atoms with van der Waals surface area (Å²) in [5.41, 5.74) is 2.91. The highest BCUT2D eigenvalue weighted by Crippen LogP contribution is 2.28. The van der Waals surface area contributed by atoms with E-state index in [4.69, 9.17) is 14.5 Å². The van der Waals surface area contributed by atoms with Crippen molar-refractivity contribution >= 4 is 16.7 Å². The first-order valence-corrected chi connectivity index (χ1v) is 10.2. The van der Waals surface area contributed by atoms with Crippen molar-refractivity contribution in [1.82, 2.24) is 14.5 Å². The Kier molecular flexibility index (Phi) is 5.98. The van der Waals surface area contributed by atoms with Gasteiger partial charge >= 0.3 is 0 Å². The zero-order valence-electron chi connectivity index (χ0n) is 17.9. The fourth-order valence-electron chi connectivity index (χ4n) is 3.77. The van der Waals surface area contributed by atoms with Gasteiger partial charge in [0.15, 0.2) is 11.6 Å². The molecule has 0 aliphatic heterocycles. The first-order valence-electron chi connectivity index (χ1n) is 10.2. The molecule has 0 amide bonds. The van der Waals surface area contributed by atoms with Gasteiger partial charge in [0.25, 0.3) is 0 Å². The third-order valence-corrected chi connectivity index (χ3v) is 5.50. The van der Waals surface area contributed by atoms with Crippen LogP contribution in [0.4, 0.5) is 0 Å². The number of hydrogen-bond donors (Lipinski definition) is 0. The monoisotopic (exact) mass is 415 g/mol. The van der Waals surface area contributed by atoms with Crippen LogP contribution in [-0.4, -0.2) is 34.5 Å². The number of hydrogen-bond acceptors (Lipinski definition) is 5. The standard InChI is InChI=1S/C25H25N3O3/c1-28-13-12-26-25(28)24(29)16-19(17-5-8-21(30-2)9-6-17)14-20-7-4-18-15-22(31-3)10-11-23(18)27-20/h4-13,15,19H,14,16H2,1-3H3/t19-/m1/s1. The Morgan fingerprint density at radius 2 is 1.74 bits per heavy atom. The summed E-state index contributed by atoms with van der Waals surface area (Å²) in [7, 11) is 5.13. The van der Waals surface area contributed by atoms with Gasteiger partial charge in [-0.25, -0.2) is 4.98 Å². The van der Waals surface area contributed by atoms with Crippen LogP contribution in [0, 0.1) is 0 Å². The lowest BCUT2D eigenvalue weighted by molar-refractivity contribution is 0.0960. The number of benzene rings is 2. The molecule has 0 radical (unpaired) electrons. The van der Waals surface area contributed by atoms with Gasteiger partial charge in [0.1, 0.15) is 11.5 Å². The first-order chi connectivity index (χ1) is 15.1. The predicted octanol–water partition coefficient (Wildman–Crippen LogP) is 4.58. The first kappa shape index (κ1) is 20.6. The van der Waals surface area contributed by atoms with E-state index in [0.717, 1.165) is 33.7 Å². The number of aryl methyl sites for hydroxylation is 1. The third-order valence-electron chi connectivity index (χ3n) is 5.50. The summed E-state index contributed by atoms with van der Waals surface area (Å²) in [4.78, 5) is 22.0. The average Bonchev–Trinajstić information content (AvgIpc) is 3.24. The second kappa shape index (κ2) is 9.00. The highest BCUT2D eigenvalue weighted by Gasteiger charge is 2.21. The molecule has 0 fully saturated rings. The van der Waals surface area contributed by atoms with Crippen LogP contribution < -0.4 is 9.47 Å². The van der Waals surface area contributed by atoms with Crippen LogP contribution in [0.5, 0.6) is 11.5 Å². The Morgan fingerprint density at radius 3 is 2.42 bits per heavy atom. The lowest BCUT2D eigenvalue weighted by atomic mass is 9.89. The summed E-state index contributed by atoms with van der Waals surface area (Å²) in [6.45, 7) is 0. The topological polar surface area (TPSA) is 66.2 Å². The van der Waals surface area contributed by atoms with Crippen LogP contribution >= 0.6 is 0 Å². The van der Waals surface area contributed by atoms with E-state index in [9.17, 15) is 4.79 Å². The van der Waals surface area contributed by atoms with Gasteiger partial charge in [-0.3, -0.25) is 9.78 Å². The quantitative estimate of drug-likeness (QED) is 0.394. The minimum Gasteiger partial charge on any atom is -0.497 e. The van der Waals surface area contributed by atoms with E-state index < -0.39 is 0 Å². The van der Waals surface area contributed by atoms with Crippen LogP contribution in [0.3, 0.4) is 0 Å². The number of Topliss-reactive ketones (excluding diaryl/α,β-unsaturated/α-hetero) is 1. The molecule has 0 aliphatic carbocycles. The molecular weight excluding hydrogens is 390 g/mol. The van der Waals surface area contributed by atoms with Crippen molar-refractivity contribution in [1.29, 1.82) is 0 Å². The van der Waals surface area contributed by atoms with Gasteiger partial charge in [0, 0.05) is 36.9 Å². The number of carbonyl (C=O) groups excluding carboxylic acids is 1. The smallest absolute Gasteiger partial charge is 0.198 e. The molecule has 31 heavy (non-hydrogen) atoms. The van der Waals surface area contributed by atoms with Crippen LogP contribution in [0.1, 0.15) is 34.2 Å². The summed E-state index contributed by atoms with van der Waals surface area (Å²) >= 11 is 0. The van der Waals surface area contributed by atoms with Crippen molar-refractivity contribution in [2.24, 2.45) is 7.05 Å². The van der Waals surface area contributed by atoms with Crippen molar-refractivity contribution < 1.29 is 14.3 Å². The number of methoxy groups -OCH3 is 2. The second-order valence-electron chi connectivity index (χ2n) is 7.52.